The molecule has 1 aromatic carbocycles. The van der Waals surface area contributed by atoms with Crippen LogP contribution in [-0.4, -0.2) is 33.6 Å². The van der Waals surface area contributed by atoms with E-state index in [1.165, 1.54) is 28.0 Å². The van der Waals surface area contributed by atoms with Gasteiger partial charge in [0, 0.05) is 25.2 Å². The summed E-state index contributed by atoms with van der Waals surface area (Å²) >= 11 is 1.42. The van der Waals surface area contributed by atoms with Crippen LogP contribution < -0.4 is 15.8 Å². The maximum atomic E-state index is 13.0. The highest BCUT2D eigenvalue weighted by atomic mass is 32.1. The number of carbonyl (C=O) groups is 1. The molecule has 9 heteroatoms. The van der Waals surface area contributed by atoms with E-state index in [9.17, 15) is 14.0 Å². The van der Waals surface area contributed by atoms with E-state index in [-0.39, 0.29) is 23.2 Å². The second-order valence-corrected chi connectivity index (χ2v) is 9.19. The Balaban J connectivity index is 1.30. The highest BCUT2D eigenvalue weighted by molar-refractivity contribution is 7.20. The van der Waals surface area contributed by atoms with Gasteiger partial charge in [-0.05, 0) is 56.2 Å². The molecule has 1 saturated heterocycles. The number of benzene rings is 1. The average Bonchev–Trinajstić information content (AvgIpc) is 3.23. The lowest BCUT2D eigenvalue weighted by molar-refractivity contribution is -0.125. The number of rotatable bonds is 4. The normalized spacial score (nSPS) is 18.7. The number of aromatic nitrogens is 3. The molecule has 1 amide bonds. The van der Waals surface area contributed by atoms with Crippen LogP contribution in [0, 0.1) is 11.7 Å². The molecule has 3 aromatic rings. The first-order chi connectivity index (χ1) is 15.1. The molecule has 2 aromatic heterocycles. The molecular weight excluding hydrogens is 417 g/mol. The fraction of sp³-hybridized carbons (Fsp3) is 0.455. The van der Waals surface area contributed by atoms with Gasteiger partial charge < -0.3 is 10.2 Å². The lowest BCUT2D eigenvalue weighted by atomic mass is 9.97. The number of amides is 1. The van der Waals surface area contributed by atoms with Gasteiger partial charge in [-0.2, -0.15) is 4.52 Å². The predicted molar refractivity (Wildman–Crippen MR) is 117 cm³/mol. The van der Waals surface area contributed by atoms with Gasteiger partial charge in [-0.3, -0.25) is 9.59 Å². The Morgan fingerprint density at radius 3 is 2.84 bits per heavy atom. The third-order valence-corrected chi connectivity index (χ3v) is 7.08. The molecule has 162 valence electrons. The summed E-state index contributed by atoms with van der Waals surface area (Å²) in [5, 5.41) is 8.26. The summed E-state index contributed by atoms with van der Waals surface area (Å²) in [6.45, 7) is 1.74. The van der Waals surface area contributed by atoms with E-state index < -0.39 is 0 Å². The molecule has 0 bridgehead atoms. The number of hydrogen-bond donors (Lipinski definition) is 1. The highest BCUT2D eigenvalue weighted by Gasteiger charge is 2.28. The fourth-order valence-corrected chi connectivity index (χ4v) is 5.34. The Labute approximate surface area is 182 Å². The van der Waals surface area contributed by atoms with E-state index in [0.29, 0.717) is 18.1 Å². The van der Waals surface area contributed by atoms with Gasteiger partial charge in [0.05, 0.1) is 11.6 Å². The fourth-order valence-electron chi connectivity index (χ4n) is 4.39. The number of nitrogens with one attached hydrogen (secondary N) is 1. The van der Waals surface area contributed by atoms with Crippen molar-refractivity contribution in [3.8, 4) is 0 Å². The van der Waals surface area contributed by atoms with Gasteiger partial charge >= 0.3 is 0 Å². The predicted octanol–water partition coefficient (Wildman–Crippen LogP) is 2.70. The number of hydrogen-bond acceptors (Lipinski definition) is 6. The molecule has 1 atom stereocenters. The Morgan fingerprint density at radius 2 is 2.00 bits per heavy atom. The minimum Gasteiger partial charge on any atom is -0.352 e. The summed E-state index contributed by atoms with van der Waals surface area (Å²) in [7, 11) is 0. The third kappa shape index (κ3) is 4.06. The molecule has 5 rings (SSSR count). The first-order valence-electron chi connectivity index (χ1n) is 10.8. The maximum absolute atomic E-state index is 13.0. The highest BCUT2D eigenvalue weighted by Crippen LogP contribution is 2.28. The van der Waals surface area contributed by atoms with E-state index in [2.05, 4.69) is 15.3 Å². The first kappa shape index (κ1) is 20.1. The molecule has 1 fully saturated rings. The summed E-state index contributed by atoms with van der Waals surface area (Å²) in [6, 6.07) is 6.14. The van der Waals surface area contributed by atoms with Crippen LogP contribution in [0.15, 0.2) is 29.1 Å². The summed E-state index contributed by atoms with van der Waals surface area (Å²) in [4.78, 5) is 33.0. The molecule has 0 saturated carbocycles. The van der Waals surface area contributed by atoms with Crippen molar-refractivity contribution in [2.45, 2.75) is 45.1 Å². The van der Waals surface area contributed by atoms with Crippen LogP contribution in [0.2, 0.25) is 0 Å². The number of piperidine rings is 1. The van der Waals surface area contributed by atoms with E-state index in [1.807, 2.05) is 0 Å². The zero-order valence-corrected chi connectivity index (χ0v) is 18.0. The molecule has 7 nitrogen and oxygen atoms in total. The lowest BCUT2D eigenvalue weighted by Gasteiger charge is -2.31. The Kier molecular flexibility index (Phi) is 5.43. The maximum Gasteiger partial charge on any atom is 0.278 e. The number of halogens is 1. The van der Waals surface area contributed by atoms with Gasteiger partial charge in [0.25, 0.3) is 5.56 Å². The quantitative estimate of drug-likeness (QED) is 0.674. The molecule has 3 heterocycles. The van der Waals surface area contributed by atoms with E-state index in [0.717, 1.165) is 67.0 Å². The SMILES string of the molecule is O=C(NCc1ccc(F)cc1)[C@H]1CCCN(c2nn3c(=O)c4c(nc3s2)CCCC4)C1. The topological polar surface area (TPSA) is 79.6 Å². The average molecular weight is 442 g/mol. The smallest absolute Gasteiger partial charge is 0.278 e. The molecule has 0 spiro atoms. The van der Waals surface area contributed by atoms with Crippen LogP contribution in [-0.2, 0) is 24.2 Å². The number of carbonyl (C=O) groups excluding carboxylic acids is 1. The molecule has 0 radical (unpaired) electrons. The van der Waals surface area contributed by atoms with Crippen molar-refractivity contribution in [3.05, 3.63) is 57.3 Å². The molecule has 31 heavy (non-hydrogen) atoms. The van der Waals surface area contributed by atoms with Gasteiger partial charge in [-0.15, -0.1) is 5.10 Å². The summed E-state index contributed by atoms with van der Waals surface area (Å²) < 4.78 is 14.5. The molecule has 2 aliphatic rings. The van der Waals surface area contributed by atoms with Crippen LogP contribution >= 0.6 is 11.3 Å². The minimum atomic E-state index is -0.289. The standard InChI is InChI=1S/C22H24FN5O2S/c23-16-9-7-14(8-10-16)12-24-19(29)15-4-3-11-27(13-15)22-26-28-20(30)17-5-1-2-6-18(17)25-21(28)31-22/h7-10,15H,1-6,11-13H2,(H,24,29)/t15-/m0/s1. The van der Waals surface area contributed by atoms with Gasteiger partial charge in [-0.25, -0.2) is 9.37 Å². The van der Waals surface area contributed by atoms with Crippen LogP contribution in [0.5, 0.6) is 0 Å². The van der Waals surface area contributed by atoms with Crippen LogP contribution in [0.3, 0.4) is 0 Å². The number of anilines is 1. The Bertz CT molecular complexity index is 1170. The molecule has 1 aliphatic heterocycles. The molecule has 1 aliphatic carbocycles. The number of nitrogens with zero attached hydrogens (tertiary/aromatic N) is 4. The van der Waals surface area contributed by atoms with Crippen molar-refractivity contribution in [1.82, 2.24) is 19.9 Å². The zero-order chi connectivity index (χ0) is 21.4. The van der Waals surface area contributed by atoms with Crippen LogP contribution in [0.1, 0.15) is 42.5 Å². The van der Waals surface area contributed by atoms with E-state index in [4.69, 9.17) is 4.98 Å². The monoisotopic (exact) mass is 441 g/mol. The van der Waals surface area contributed by atoms with Crippen molar-refractivity contribution in [2.75, 3.05) is 18.0 Å². The minimum absolute atomic E-state index is 0.0131. The van der Waals surface area contributed by atoms with Crippen molar-refractivity contribution >= 4 is 27.3 Å². The second kappa shape index (κ2) is 8.37. The van der Waals surface area contributed by atoms with Gasteiger partial charge in [-0.1, -0.05) is 23.5 Å². The third-order valence-electron chi connectivity index (χ3n) is 6.11. The number of aryl methyl sites for hydroxylation is 1. The summed E-state index contributed by atoms with van der Waals surface area (Å²) in [5.41, 5.74) is 2.54. The van der Waals surface area contributed by atoms with Gasteiger partial charge in [0.2, 0.25) is 16.0 Å². The molecular formula is C22H24FN5O2S. The second-order valence-electron chi connectivity index (χ2n) is 8.26. The molecule has 0 unspecified atom stereocenters. The van der Waals surface area contributed by atoms with Crippen LogP contribution in [0.25, 0.3) is 4.96 Å². The molecule has 1 N–H and O–H groups in total. The Morgan fingerprint density at radius 1 is 1.19 bits per heavy atom. The van der Waals surface area contributed by atoms with E-state index in [1.54, 1.807) is 12.1 Å². The Hall–Kier alpha value is -2.81. The largest absolute Gasteiger partial charge is 0.352 e. The lowest BCUT2D eigenvalue weighted by Crippen LogP contribution is -2.43. The number of fused-ring (bicyclic) bond motifs is 2. The van der Waals surface area contributed by atoms with Crippen molar-refractivity contribution in [2.24, 2.45) is 5.92 Å². The van der Waals surface area contributed by atoms with Crippen LogP contribution in [0.4, 0.5) is 9.52 Å². The van der Waals surface area contributed by atoms with Gasteiger partial charge in [0.15, 0.2) is 0 Å². The summed E-state index contributed by atoms with van der Waals surface area (Å²) in [6.07, 6.45) is 5.41. The first-order valence-corrected chi connectivity index (χ1v) is 11.6. The van der Waals surface area contributed by atoms with Crippen molar-refractivity contribution in [3.63, 3.8) is 0 Å². The summed E-state index contributed by atoms with van der Waals surface area (Å²) in [5.74, 6) is -0.455. The van der Waals surface area contributed by atoms with Crippen molar-refractivity contribution < 1.29 is 9.18 Å². The van der Waals surface area contributed by atoms with Crippen molar-refractivity contribution in [1.29, 1.82) is 0 Å². The van der Waals surface area contributed by atoms with Gasteiger partial charge in [0.1, 0.15) is 5.82 Å². The van der Waals surface area contributed by atoms with E-state index >= 15 is 0 Å². The zero-order valence-electron chi connectivity index (χ0n) is 17.1.